The maximum Gasteiger partial charge on any atom is 0.169 e. The third-order valence-electron chi connectivity index (χ3n) is 1.57. The average Bonchev–Trinajstić information content (AvgIpc) is 2.04. The second-order valence-electron chi connectivity index (χ2n) is 2.60. The Morgan fingerprint density at radius 3 is 3.45 bits per heavy atom. The minimum atomic E-state index is 0.140. The van der Waals surface area contributed by atoms with Crippen LogP contribution in [0, 0.1) is 6.07 Å². The Morgan fingerprint density at radius 2 is 2.55 bits per heavy atom. The molecule has 1 unspecified atom stereocenters. The molecule has 0 bridgehead atoms. The van der Waals surface area contributed by atoms with Gasteiger partial charge in [0.05, 0.1) is 0 Å². The van der Waals surface area contributed by atoms with E-state index in [0.29, 0.717) is 6.61 Å². The Hall–Kier alpha value is -1.18. The zero-order valence-corrected chi connectivity index (χ0v) is 6.33. The summed E-state index contributed by atoms with van der Waals surface area (Å²) >= 11 is 0. The Morgan fingerprint density at radius 1 is 1.64 bits per heavy atom. The van der Waals surface area contributed by atoms with Crippen LogP contribution in [-0.4, -0.2) is 12.7 Å². The summed E-state index contributed by atoms with van der Waals surface area (Å²) in [6, 6.07) is 8.57. The average molecular weight is 149 g/mol. The topological polar surface area (TPSA) is 18.5 Å². The van der Waals surface area contributed by atoms with E-state index in [-0.39, 0.29) is 6.10 Å². The highest BCUT2D eigenvalue weighted by Gasteiger charge is 2.15. The van der Waals surface area contributed by atoms with Crippen LogP contribution in [0.4, 0.5) is 0 Å². The van der Waals surface area contributed by atoms with Crippen molar-refractivity contribution in [2.24, 2.45) is 0 Å². The number of hydrogen-bond acceptors (Lipinski definition) is 2. The summed E-state index contributed by atoms with van der Waals surface area (Å²) in [6.07, 6.45) is 0.140. The van der Waals surface area contributed by atoms with E-state index in [2.05, 4.69) is 6.07 Å². The Balaban J connectivity index is 2.34. The molecule has 1 aliphatic rings. The predicted molar refractivity (Wildman–Crippen MR) is 40.9 cm³/mol. The van der Waals surface area contributed by atoms with E-state index in [9.17, 15) is 0 Å². The number of hydrogen-bond donors (Lipinski definition) is 0. The van der Waals surface area contributed by atoms with Gasteiger partial charge in [-0.1, -0.05) is 12.1 Å². The first-order valence-electron chi connectivity index (χ1n) is 3.66. The molecule has 2 rings (SSSR count). The maximum absolute atomic E-state index is 5.45. The molecule has 1 atom stereocenters. The van der Waals surface area contributed by atoms with Gasteiger partial charge in [0.1, 0.15) is 12.7 Å². The van der Waals surface area contributed by atoms with Gasteiger partial charge >= 0.3 is 0 Å². The van der Waals surface area contributed by atoms with E-state index in [1.807, 2.05) is 25.1 Å². The predicted octanol–water partition coefficient (Wildman–Crippen LogP) is 1.65. The van der Waals surface area contributed by atoms with Crippen molar-refractivity contribution in [1.82, 2.24) is 0 Å². The van der Waals surface area contributed by atoms with Crippen molar-refractivity contribution in [1.29, 1.82) is 0 Å². The molecular weight excluding hydrogens is 140 g/mol. The van der Waals surface area contributed by atoms with Crippen molar-refractivity contribution < 1.29 is 9.47 Å². The van der Waals surface area contributed by atoms with Gasteiger partial charge in [0.2, 0.25) is 0 Å². The molecule has 2 heteroatoms. The lowest BCUT2D eigenvalue weighted by molar-refractivity contribution is 0.104. The Bertz CT molecular complexity index is 257. The van der Waals surface area contributed by atoms with E-state index in [1.165, 1.54) is 0 Å². The van der Waals surface area contributed by atoms with Crippen LogP contribution in [0.25, 0.3) is 0 Å². The zero-order chi connectivity index (χ0) is 7.68. The van der Waals surface area contributed by atoms with Crippen LogP contribution in [0.15, 0.2) is 18.2 Å². The molecule has 2 nitrogen and oxygen atoms in total. The zero-order valence-electron chi connectivity index (χ0n) is 6.33. The molecular formula is C9H9O2. The van der Waals surface area contributed by atoms with Crippen molar-refractivity contribution in [2.75, 3.05) is 6.61 Å². The maximum atomic E-state index is 5.45. The molecule has 0 N–H and O–H groups in total. The minimum absolute atomic E-state index is 0.140. The number of fused-ring (bicyclic) bond motifs is 1. The van der Waals surface area contributed by atoms with Gasteiger partial charge in [0, 0.05) is 6.07 Å². The second-order valence-corrected chi connectivity index (χ2v) is 2.60. The molecule has 1 aromatic carbocycles. The van der Waals surface area contributed by atoms with E-state index < -0.39 is 0 Å². The van der Waals surface area contributed by atoms with Crippen LogP contribution in [0.3, 0.4) is 0 Å². The first-order chi connectivity index (χ1) is 5.36. The molecule has 57 valence electrons. The van der Waals surface area contributed by atoms with Gasteiger partial charge in [-0.3, -0.25) is 0 Å². The molecule has 0 aromatic heterocycles. The minimum Gasteiger partial charge on any atom is -0.486 e. The van der Waals surface area contributed by atoms with Gasteiger partial charge in [0.25, 0.3) is 0 Å². The molecule has 1 radical (unpaired) electrons. The lowest BCUT2D eigenvalue weighted by atomic mass is 10.3. The van der Waals surface area contributed by atoms with E-state index in [0.717, 1.165) is 11.5 Å². The van der Waals surface area contributed by atoms with Gasteiger partial charge < -0.3 is 9.47 Å². The molecule has 0 saturated carbocycles. The van der Waals surface area contributed by atoms with Crippen molar-refractivity contribution in [3.05, 3.63) is 24.3 Å². The van der Waals surface area contributed by atoms with Crippen LogP contribution in [0.5, 0.6) is 11.5 Å². The first kappa shape index (κ1) is 6.53. The van der Waals surface area contributed by atoms with E-state index in [4.69, 9.17) is 9.47 Å². The molecule has 1 heterocycles. The summed E-state index contributed by atoms with van der Waals surface area (Å²) in [4.78, 5) is 0. The van der Waals surface area contributed by atoms with Gasteiger partial charge in [-0.05, 0) is 13.0 Å². The largest absolute Gasteiger partial charge is 0.486 e. The molecule has 1 aliphatic heterocycles. The third-order valence-corrected chi connectivity index (χ3v) is 1.57. The summed E-state index contributed by atoms with van der Waals surface area (Å²) in [5.41, 5.74) is 0. The van der Waals surface area contributed by atoms with E-state index in [1.54, 1.807) is 0 Å². The number of para-hydroxylation sites is 1. The van der Waals surface area contributed by atoms with Gasteiger partial charge in [-0.15, -0.1) is 0 Å². The highest BCUT2D eigenvalue weighted by atomic mass is 16.6. The quantitative estimate of drug-likeness (QED) is 0.558. The monoisotopic (exact) mass is 149 g/mol. The lowest BCUT2D eigenvalue weighted by Gasteiger charge is -2.23. The van der Waals surface area contributed by atoms with Crippen molar-refractivity contribution >= 4 is 0 Å². The highest BCUT2D eigenvalue weighted by molar-refractivity contribution is 5.39. The molecule has 1 aromatic rings. The molecule has 0 aliphatic carbocycles. The van der Waals surface area contributed by atoms with Crippen LogP contribution in [-0.2, 0) is 0 Å². The number of ether oxygens (including phenoxy) is 2. The van der Waals surface area contributed by atoms with Crippen molar-refractivity contribution in [3.63, 3.8) is 0 Å². The summed E-state index contributed by atoms with van der Waals surface area (Å²) < 4.78 is 10.8. The molecule has 0 fully saturated rings. The highest BCUT2D eigenvalue weighted by Crippen LogP contribution is 2.29. The Kier molecular flexibility index (Phi) is 1.46. The molecule has 0 saturated heterocycles. The second kappa shape index (κ2) is 2.46. The third kappa shape index (κ3) is 1.16. The normalized spacial score (nSPS) is 21.4. The summed E-state index contributed by atoms with van der Waals surface area (Å²) in [5.74, 6) is 1.52. The van der Waals surface area contributed by atoms with Crippen LogP contribution in [0.2, 0.25) is 0 Å². The fraction of sp³-hybridized carbons (Fsp3) is 0.333. The van der Waals surface area contributed by atoms with Gasteiger partial charge in [0.15, 0.2) is 11.5 Å². The van der Waals surface area contributed by atoms with Crippen LogP contribution in [0.1, 0.15) is 6.92 Å². The van der Waals surface area contributed by atoms with Crippen molar-refractivity contribution in [3.8, 4) is 11.5 Å². The lowest BCUT2D eigenvalue weighted by Crippen LogP contribution is -2.25. The fourth-order valence-corrected chi connectivity index (χ4v) is 1.05. The van der Waals surface area contributed by atoms with Gasteiger partial charge in [-0.25, -0.2) is 0 Å². The standard InChI is InChI=1S/C9H9O2/c1-7-6-10-8-4-2-3-5-9(8)11-7/h2-4,7H,6H2,1H3. The number of benzene rings is 1. The summed E-state index contributed by atoms with van der Waals surface area (Å²) in [6.45, 7) is 2.61. The van der Waals surface area contributed by atoms with Crippen LogP contribution >= 0.6 is 0 Å². The van der Waals surface area contributed by atoms with Crippen LogP contribution < -0.4 is 9.47 Å². The molecule has 0 spiro atoms. The summed E-state index contributed by atoms with van der Waals surface area (Å²) in [7, 11) is 0. The smallest absolute Gasteiger partial charge is 0.169 e. The Labute approximate surface area is 65.7 Å². The fourth-order valence-electron chi connectivity index (χ4n) is 1.05. The summed E-state index contributed by atoms with van der Waals surface area (Å²) in [5, 5.41) is 0. The molecule has 11 heavy (non-hydrogen) atoms. The SMILES string of the molecule is CC1COc2ccc[c]c2O1. The van der Waals surface area contributed by atoms with E-state index >= 15 is 0 Å². The van der Waals surface area contributed by atoms with Gasteiger partial charge in [-0.2, -0.15) is 0 Å². The first-order valence-corrected chi connectivity index (χ1v) is 3.66. The number of rotatable bonds is 0. The molecule has 0 amide bonds. The van der Waals surface area contributed by atoms with Crippen molar-refractivity contribution in [2.45, 2.75) is 13.0 Å².